The van der Waals surface area contributed by atoms with E-state index in [1.165, 1.54) is 0 Å². The minimum Gasteiger partial charge on any atom is -0.192 e. The van der Waals surface area contributed by atoms with E-state index in [4.69, 9.17) is 16.9 Å². The molecule has 0 aromatic heterocycles. The van der Waals surface area contributed by atoms with Crippen molar-refractivity contribution in [1.82, 2.24) is 0 Å². The molecule has 0 N–H and O–H groups in total. The van der Waals surface area contributed by atoms with Gasteiger partial charge in [-0.2, -0.15) is 5.26 Å². The molecule has 0 radical (unpaired) electrons. The van der Waals surface area contributed by atoms with Crippen LogP contribution < -0.4 is 0 Å². The number of nitriles is 1. The van der Waals surface area contributed by atoms with Crippen LogP contribution in [0.2, 0.25) is 5.02 Å². The van der Waals surface area contributed by atoms with Crippen LogP contribution >= 0.6 is 11.6 Å². The normalized spacial score (nSPS) is 9.60. The van der Waals surface area contributed by atoms with Gasteiger partial charge in [-0.15, -0.1) is 0 Å². The highest BCUT2D eigenvalue weighted by Gasteiger charge is 2.02. The molecule has 0 saturated heterocycles. The molecule has 0 heterocycles. The first kappa shape index (κ1) is 9.76. The van der Waals surface area contributed by atoms with E-state index < -0.39 is 0 Å². The van der Waals surface area contributed by atoms with Gasteiger partial charge in [0.05, 0.1) is 10.6 Å². The fourth-order valence-corrected chi connectivity index (χ4v) is 1.64. The van der Waals surface area contributed by atoms with Gasteiger partial charge in [0, 0.05) is 0 Å². The Hall–Kier alpha value is -1.78. The summed E-state index contributed by atoms with van der Waals surface area (Å²) in [6.07, 6.45) is 0. The van der Waals surface area contributed by atoms with Crippen LogP contribution in [0.1, 0.15) is 5.56 Å². The number of hydrogen-bond donors (Lipinski definition) is 0. The topological polar surface area (TPSA) is 23.8 Å². The summed E-state index contributed by atoms with van der Waals surface area (Å²) in [5.74, 6) is 0. The minimum absolute atomic E-state index is 0.499. The van der Waals surface area contributed by atoms with Crippen LogP contribution in [0.15, 0.2) is 48.5 Å². The summed E-state index contributed by atoms with van der Waals surface area (Å²) < 4.78 is 0. The Morgan fingerprint density at radius 2 is 1.67 bits per heavy atom. The number of nitrogens with zero attached hydrogens (tertiary/aromatic N) is 1. The van der Waals surface area contributed by atoms with Crippen LogP contribution in [0, 0.1) is 11.3 Å². The fraction of sp³-hybridized carbons (Fsp3) is 0. The van der Waals surface area contributed by atoms with Gasteiger partial charge in [0.25, 0.3) is 0 Å². The second kappa shape index (κ2) is 4.16. The molecule has 0 fully saturated rings. The lowest BCUT2D eigenvalue weighted by Crippen LogP contribution is -1.80. The van der Waals surface area contributed by atoms with Gasteiger partial charge in [0.1, 0.15) is 6.07 Å². The average molecular weight is 214 g/mol. The molecular weight excluding hydrogens is 206 g/mol. The lowest BCUT2D eigenvalue weighted by atomic mass is 10.0. The van der Waals surface area contributed by atoms with E-state index in [0.29, 0.717) is 10.6 Å². The standard InChI is InChI=1S/C13H8ClN/c14-13-8-11(6-7-12(13)9-15)10-4-2-1-3-5-10/h1-8H. The molecular formula is C13H8ClN. The predicted molar refractivity (Wildman–Crippen MR) is 61.6 cm³/mol. The van der Waals surface area contributed by atoms with E-state index in [0.717, 1.165) is 11.1 Å². The third-order valence-electron chi connectivity index (χ3n) is 2.20. The molecule has 0 spiro atoms. The van der Waals surface area contributed by atoms with Crippen molar-refractivity contribution in [3.63, 3.8) is 0 Å². The zero-order valence-electron chi connectivity index (χ0n) is 7.94. The minimum atomic E-state index is 0.499. The van der Waals surface area contributed by atoms with Crippen molar-refractivity contribution in [1.29, 1.82) is 5.26 Å². The molecule has 1 nitrogen and oxygen atoms in total. The predicted octanol–water partition coefficient (Wildman–Crippen LogP) is 3.88. The van der Waals surface area contributed by atoms with Crippen molar-refractivity contribution in [2.24, 2.45) is 0 Å². The van der Waals surface area contributed by atoms with Crippen molar-refractivity contribution < 1.29 is 0 Å². The lowest BCUT2D eigenvalue weighted by molar-refractivity contribution is 1.48. The molecule has 2 rings (SSSR count). The van der Waals surface area contributed by atoms with E-state index in [2.05, 4.69) is 0 Å². The monoisotopic (exact) mass is 213 g/mol. The summed E-state index contributed by atoms with van der Waals surface area (Å²) in [6.45, 7) is 0. The Balaban J connectivity index is 2.49. The van der Waals surface area contributed by atoms with Gasteiger partial charge >= 0.3 is 0 Å². The molecule has 0 atom stereocenters. The molecule has 2 aromatic rings. The second-order valence-electron chi connectivity index (χ2n) is 3.17. The highest BCUT2D eigenvalue weighted by Crippen LogP contribution is 2.24. The largest absolute Gasteiger partial charge is 0.192 e. The van der Waals surface area contributed by atoms with E-state index in [-0.39, 0.29) is 0 Å². The highest BCUT2D eigenvalue weighted by atomic mass is 35.5. The Bertz CT molecular complexity index is 512. The molecule has 0 amide bonds. The Morgan fingerprint density at radius 1 is 0.933 bits per heavy atom. The van der Waals surface area contributed by atoms with Gasteiger partial charge in [0.2, 0.25) is 0 Å². The third-order valence-corrected chi connectivity index (χ3v) is 2.51. The van der Waals surface area contributed by atoms with Crippen LogP contribution in [-0.2, 0) is 0 Å². The van der Waals surface area contributed by atoms with Crippen molar-refractivity contribution in [2.75, 3.05) is 0 Å². The van der Waals surface area contributed by atoms with Gasteiger partial charge in [-0.25, -0.2) is 0 Å². The average Bonchev–Trinajstić information content (AvgIpc) is 2.30. The van der Waals surface area contributed by atoms with Gasteiger partial charge < -0.3 is 0 Å². The molecule has 0 aliphatic carbocycles. The van der Waals surface area contributed by atoms with Crippen LogP contribution in [-0.4, -0.2) is 0 Å². The maximum Gasteiger partial charge on any atom is 0.101 e. The quantitative estimate of drug-likeness (QED) is 0.705. The summed E-state index contributed by atoms with van der Waals surface area (Å²) >= 11 is 5.96. The van der Waals surface area contributed by atoms with E-state index in [1.54, 1.807) is 6.07 Å². The maximum absolute atomic E-state index is 8.75. The zero-order valence-corrected chi connectivity index (χ0v) is 8.70. The van der Waals surface area contributed by atoms with Crippen molar-refractivity contribution >= 4 is 11.6 Å². The van der Waals surface area contributed by atoms with Gasteiger partial charge in [0.15, 0.2) is 0 Å². The number of hydrogen-bond acceptors (Lipinski definition) is 1. The summed E-state index contributed by atoms with van der Waals surface area (Å²) in [7, 11) is 0. The molecule has 0 unspecified atom stereocenters. The van der Waals surface area contributed by atoms with Gasteiger partial charge in [-0.3, -0.25) is 0 Å². The SMILES string of the molecule is N#Cc1ccc(-c2ccccc2)cc1Cl. The fourth-order valence-electron chi connectivity index (χ4n) is 1.42. The van der Waals surface area contributed by atoms with E-state index in [9.17, 15) is 0 Å². The summed E-state index contributed by atoms with van der Waals surface area (Å²) in [5.41, 5.74) is 2.64. The molecule has 0 aliphatic heterocycles. The molecule has 2 aromatic carbocycles. The molecule has 2 heteroatoms. The van der Waals surface area contributed by atoms with Gasteiger partial charge in [-0.1, -0.05) is 48.0 Å². The zero-order chi connectivity index (χ0) is 10.7. The molecule has 0 aliphatic rings. The first-order valence-electron chi connectivity index (χ1n) is 4.56. The summed E-state index contributed by atoms with van der Waals surface area (Å²) in [6, 6.07) is 17.4. The lowest BCUT2D eigenvalue weighted by Gasteiger charge is -2.02. The first-order valence-corrected chi connectivity index (χ1v) is 4.94. The van der Waals surface area contributed by atoms with Crippen LogP contribution in [0.4, 0.5) is 0 Å². The highest BCUT2D eigenvalue weighted by molar-refractivity contribution is 6.32. The molecule has 15 heavy (non-hydrogen) atoms. The van der Waals surface area contributed by atoms with Crippen molar-refractivity contribution in [2.45, 2.75) is 0 Å². The number of benzene rings is 2. The third kappa shape index (κ3) is 2.01. The first-order chi connectivity index (χ1) is 7.31. The molecule has 0 saturated carbocycles. The second-order valence-corrected chi connectivity index (χ2v) is 3.58. The Labute approximate surface area is 93.5 Å². The smallest absolute Gasteiger partial charge is 0.101 e. The van der Waals surface area contributed by atoms with E-state index in [1.807, 2.05) is 48.5 Å². The van der Waals surface area contributed by atoms with Gasteiger partial charge in [-0.05, 0) is 23.3 Å². The maximum atomic E-state index is 8.75. The van der Waals surface area contributed by atoms with E-state index >= 15 is 0 Å². The van der Waals surface area contributed by atoms with Crippen LogP contribution in [0.3, 0.4) is 0 Å². The van der Waals surface area contributed by atoms with Crippen molar-refractivity contribution in [3.8, 4) is 17.2 Å². The van der Waals surface area contributed by atoms with Crippen molar-refractivity contribution in [3.05, 3.63) is 59.1 Å². The molecule has 0 bridgehead atoms. The summed E-state index contributed by atoms with van der Waals surface area (Å²) in [4.78, 5) is 0. The summed E-state index contributed by atoms with van der Waals surface area (Å²) in [5, 5.41) is 9.24. The van der Waals surface area contributed by atoms with Crippen LogP contribution in [0.5, 0.6) is 0 Å². The molecule has 72 valence electrons. The number of halogens is 1. The Morgan fingerprint density at radius 3 is 2.27 bits per heavy atom. The van der Waals surface area contributed by atoms with Crippen LogP contribution in [0.25, 0.3) is 11.1 Å². The Kier molecular flexibility index (Phi) is 2.71. The number of rotatable bonds is 1.